The van der Waals surface area contributed by atoms with Gasteiger partial charge in [-0.3, -0.25) is 9.10 Å². The number of nitrogens with one attached hydrogen (secondary N) is 1. The number of amides is 1. The summed E-state index contributed by atoms with van der Waals surface area (Å²) in [6.45, 7) is 1.54. The van der Waals surface area contributed by atoms with E-state index in [4.69, 9.17) is 11.6 Å². The maximum atomic E-state index is 13.1. The molecule has 0 atom stereocenters. The molecule has 1 amide bonds. The molecule has 7 nitrogen and oxygen atoms in total. The van der Waals surface area contributed by atoms with Crippen molar-refractivity contribution in [3.63, 3.8) is 0 Å². The quantitative estimate of drug-likeness (QED) is 0.442. The molecule has 3 rings (SSSR count). The van der Waals surface area contributed by atoms with E-state index >= 15 is 0 Å². The van der Waals surface area contributed by atoms with Gasteiger partial charge in [-0.15, -0.1) is 11.3 Å². The molecule has 11 heteroatoms. The van der Waals surface area contributed by atoms with Crippen LogP contribution in [0.3, 0.4) is 0 Å². The van der Waals surface area contributed by atoms with Crippen molar-refractivity contribution < 1.29 is 23.1 Å². The highest BCUT2D eigenvalue weighted by Gasteiger charge is 2.28. The number of carbonyl (C=O) groups is 2. The van der Waals surface area contributed by atoms with Crippen LogP contribution in [0.4, 0.5) is 11.4 Å². The fourth-order valence-corrected chi connectivity index (χ4v) is 6.01. The lowest BCUT2D eigenvalue weighted by atomic mass is 10.1. The molecule has 0 unspecified atom stereocenters. The second-order valence-electron chi connectivity index (χ2n) is 6.45. The highest BCUT2D eigenvalue weighted by molar-refractivity contribution is 9.10. The molecule has 0 saturated heterocycles. The van der Waals surface area contributed by atoms with E-state index in [9.17, 15) is 23.1 Å². The molecule has 0 aliphatic heterocycles. The molecule has 2 N–H and O–H groups in total. The van der Waals surface area contributed by atoms with Crippen molar-refractivity contribution in [2.75, 3.05) is 16.7 Å². The van der Waals surface area contributed by atoms with E-state index < -0.39 is 21.9 Å². The first-order chi connectivity index (χ1) is 14.5. The molecule has 0 fully saturated rings. The first-order valence-corrected chi connectivity index (χ1v) is 12.2. The predicted octanol–water partition coefficient (Wildman–Crippen LogP) is 5.25. The van der Waals surface area contributed by atoms with Crippen LogP contribution in [0, 0.1) is 6.92 Å². The summed E-state index contributed by atoms with van der Waals surface area (Å²) in [5.41, 5.74) is 0.711. The third-order valence-corrected chi connectivity index (χ3v) is 8.38. The summed E-state index contributed by atoms with van der Waals surface area (Å²) < 4.78 is 27.9. The summed E-state index contributed by atoms with van der Waals surface area (Å²) in [5, 5.41) is 13.8. The van der Waals surface area contributed by atoms with Crippen molar-refractivity contribution in [1.29, 1.82) is 0 Å². The number of sulfonamides is 1. The maximum absolute atomic E-state index is 13.1. The van der Waals surface area contributed by atoms with Crippen LogP contribution in [0.15, 0.2) is 57.2 Å². The summed E-state index contributed by atoms with van der Waals surface area (Å²) in [6, 6.07) is 10.8. The van der Waals surface area contributed by atoms with Crippen LogP contribution in [-0.2, 0) is 10.0 Å². The summed E-state index contributed by atoms with van der Waals surface area (Å²) >= 11 is 10.0. The number of rotatable bonds is 6. The molecule has 162 valence electrons. The van der Waals surface area contributed by atoms with Gasteiger partial charge < -0.3 is 10.4 Å². The largest absolute Gasteiger partial charge is 0.478 e. The zero-order valence-electron chi connectivity index (χ0n) is 16.2. The maximum Gasteiger partial charge on any atom is 0.337 e. The van der Waals surface area contributed by atoms with E-state index in [0.717, 1.165) is 15.6 Å². The van der Waals surface area contributed by atoms with Crippen molar-refractivity contribution >= 4 is 72.1 Å². The first-order valence-electron chi connectivity index (χ1n) is 8.69. The molecule has 1 heterocycles. The topological polar surface area (TPSA) is 104 Å². The van der Waals surface area contributed by atoms with Gasteiger partial charge in [-0.2, -0.15) is 0 Å². The van der Waals surface area contributed by atoms with E-state index in [-0.39, 0.29) is 26.6 Å². The Bertz CT molecular complexity index is 1270. The molecule has 0 spiro atoms. The predicted molar refractivity (Wildman–Crippen MR) is 125 cm³/mol. The molecule has 0 bridgehead atoms. The molecule has 0 radical (unpaired) electrons. The minimum atomic E-state index is -3.93. The smallest absolute Gasteiger partial charge is 0.337 e. The van der Waals surface area contributed by atoms with Gasteiger partial charge in [0.05, 0.1) is 21.8 Å². The van der Waals surface area contributed by atoms with Gasteiger partial charge in [0.25, 0.3) is 15.9 Å². The van der Waals surface area contributed by atoms with Crippen molar-refractivity contribution in [3.8, 4) is 0 Å². The number of thiophene rings is 1. The van der Waals surface area contributed by atoms with Gasteiger partial charge in [0.1, 0.15) is 4.90 Å². The standard InChI is InChI=1S/C20H16BrClN2O5S2/c1-11-17(31(28,29)24(2)14-6-4-13(22)5-7-14)10-30-18(11)19(25)23-16-8-3-12(21)9-15(16)20(26)27/h3-10H,1-2H3,(H,23,25)(H,26,27). The number of halogens is 2. The van der Waals surface area contributed by atoms with E-state index in [1.807, 2.05) is 0 Å². The molecule has 3 aromatic rings. The lowest BCUT2D eigenvalue weighted by Crippen LogP contribution is -2.27. The molecular weight excluding hydrogens is 528 g/mol. The Labute approximate surface area is 196 Å². The van der Waals surface area contributed by atoms with Gasteiger partial charge in [-0.05, 0) is 55.0 Å². The van der Waals surface area contributed by atoms with Crippen molar-refractivity contribution in [3.05, 3.63) is 73.3 Å². The summed E-state index contributed by atoms with van der Waals surface area (Å²) in [6.07, 6.45) is 0. The number of carbonyl (C=O) groups excluding carboxylic acids is 1. The Morgan fingerprint density at radius 2 is 1.81 bits per heavy atom. The highest BCUT2D eigenvalue weighted by atomic mass is 79.9. The highest BCUT2D eigenvalue weighted by Crippen LogP contribution is 2.31. The average Bonchev–Trinajstić information content (AvgIpc) is 3.11. The number of hydrogen-bond donors (Lipinski definition) is 2. The Hall–Kier alpha value is -2.40. The van der Waals surface area contributed by atoms with Crippen molar-refractivity contribution in [1.82, 2.24) is 0 Å². The normalized spacial score (nSPS) is 11.2. The lowest BCUT2D eigenvalue weighted by Gasteiger charge is -2.19. The monoisotopic (exact) mass is 542 g/mol. The Balaban J connectivity index is 1.91. The zero-order valence-corrected chi connectivity index (χ0v) is 20.2. The van der Waals surface area contributed by atoms with Crippen molar-refractivity contribution in [2.45, 2.75) is 11.8 Å². The number of benzene rings is 2. The van der Waals surface area contributed by atoms with Gasteiger partial charge in [0.15, 0.2) is 0 Å². The van der Waals surface area contributed by atoms with Crippen LogP contribution in [0.1, 0.15) is 25.6 Å². The van der Waals surface area contributed by atoms with Crippen LogP contribution < -0.4 is 9.62 Å². The fourth-order valence-electron chi connectivity index (χ4n) is 2.80. The first kappa shape index (κ1) is 23.3. The SMILES string of the molecule is Cc1c(S(=O)(=O)N(C)c2ccc(Cl)cc2)csc1C(=O)Nc1ccc(Br)cc1C(=O)O. The van der Waals surface area contributed by atoms with Crippen LogP contribution >= 0.6 is 38.9 Å². The fraction of sp³-hybridized carbons (Fsp3) is 0.100. The zero-order chi connectivity index (χ0) is 22.9. The van der Waals surface area contributed by atoms with E-state index in [1.54, 1.807) is 30.3 Å². The van der Waals surface area contributed by atoms with E-state index in [1.165, 1.54) is 31.5 Å². The molecular formula is C20H16BrClN2O5S2. The number of anilines is 2. The molecule has 0 aliphatic carbocycles. The number of carboxylic acid groups (broad SMARTS) is 1. The summed E-state index contributed by atoms with van der Waals surface area (Å²) in [4.78, 5) is 24.4. The molecule has 2 aromatic carbocycles. The Morgan fingerprint density at radius 3 is 2.42 bits per heavy atom. The van der Waals surface area contributed by atoms with Gasteiger partial charge in [0, 0.05) is 21.9 Å². The number of hydrogen-bond acceptors (Lipinski definition) is 5. The van der Waals surface area contributed by atoms with Crippen LogP contribution in [0.5, 0.6) is 0 Å². The van der Waals surface area contributed by atoms with Gasteiger partial charge in [-0.1, -0.05) is 27.5 Å². The second-order valence-corrected chi connectivity index (χ2v) is 10.6. The van der Waals surface area contributed by atoms with Gasteiger partial charge >= 0.3 is 5.97 Å². The second kappa shape index (κ2) is 8.99. The Kier molecular flexibility index (Phi) is 6.75. The number of carboxylic acids is 1. The average molecular weight is 544 g/mol. The minimum absolute atomic E-state index is 0.00522. The Morgan fingerprint density at radius 1 is 1.16 bits per heavy atom. The third kappa shape index (κ3) is 4.77. The number of nitrogens with zero attached hydrogens (tertiary/aromatic N) is 1. The lowest BCUT2D eigenvalue weighted by molar-refractivity contribution is 0.0698. The van der Waals surface area contributed by atoms with Crippen LogP contribution in [0.25, 0.3) is 0 Å². The minimum Gasteiger partial charge on any atom is -0.478 e. The van der Waals surface area contributed by atoms with E-state index in [0.29, 0.717) is 15.2 Å². The van der Waals surface area contributed by atoms with Gasteiger partial charge in [0.2, 0.25) is 0 Å². The van der Waals surface area contributed by atoms with Crippen LogP contribution in [0.2, 0.25) is 5.02 Å². The molecule has 0 aliphatic rings. The number of aromatic carboxylic acids is 1. The van der Waals surface area contributed by atoms with Crippen LogP contribution in [-0.4, -0.2) is 32.4 Å². The van der Waals surface area contributed by atoms with Crippen molar-refractivity contribution in [2.24, 2.45) is 0 Å². The summed E-state index contributed by atoms with van der Waals surface area (Å²) in [7, 11) is -2.51. The van der Waals surface area contributed by atoms with Gasteiger partial charge in [-0.25, -0.2) is 13.2 Å². The van der Waals surface area contributed by atoms with E-state index in [2.05, 4.69) is 21.2 Å². The molecule has 1 aromatic heterocycles. The summed E-state index contributed by atoms with van der Waals surface area (Å²) in [5.74, 6) is -1.80. The molecule has 31 heavy (non-hydrogen) atoms. The molecule has 0 saturated carbocycles. The third-order valence-electron chi connectivity index (χ3n) is 4.49.